The Labute approximate surface area is 143 Å². The van der Waals surface area contributed by atoms with Crippen LogP contribution in [0.25, 0.3) is 10.8 Å². The summed E-state index contributed by atoms with van der Waals surface area (Å²) in [6, 6.07) is 7.81. The molecule has 2 aromatic rings. The van der Waals surface area contributed by atoms with Crippen molar-refractivity contribution in [2.45, 2.75) is 18.9 Å². The molecular formula is C18H15N3O4. The average molecular weight is 337 g/mol. The minimum atomic E-state index is -0.973. The SMILES string of the molecule is CNc1cc2c3c(cccc3c1)C(=O)N(C1CCC(=O)NC1=O)C2=O. The lowest BCUT2D eigenvalue weighted by atomic mass is 9.91. The normalized spacial score (nSPS) is 20.0. The standard InChI is InChI=1S/C18H15N3O4/c1-19-10-7-9-3-2-4-11-15(9)12(8-10)18(25)21(17(11)24)13-5-6-14(22)20-16(13)23/h2-4,7-8,13,19H,5-6H2,1H3,(H,20,22,23). The molecule has 0 saturated carbocycles. The number of imide groups is 2. The highest BCUT2D eigenvalue weighted by molar-refractivity contribution is 6.27. The second kappa shape index (κ2) is 5.41. The van der Waals surface area contributed by atoms with Gasteiger partial charge in [0, 0.05) is 30.1 Å². The maximum atomic E-state index is 13.0. The van der Waals surface area contributed by atoms with Crippen LogP contribution < -0.4 is 10.6 Å². The Balaban J connectivity index is 1.89. The summed E-state index contributed by atoms with van der Waals surface area (Å²) in [6.45, 7) is 0. The van der Waals surface area contributed by atoms with E-state index in [9.17, 15) is 19.2 Å². The molecule has 25 heavy (non-hydrogen) atoms. The van der Waals surface area contributed by atoms with Gasteiger partial charge in [-0.25, -0.2) is 0 Å². The summed E-state index contributed by atoms with van der Waals surface area (Å²) in [5, 5.41) is 6.58. The Morgan fingerprint density at radius 1 is 1.08 bits per heavy atom. The van der Waals surface area contributed by atoms with Gasteiger partial charge in [-0.1, -0.05) is 12.1 Å². The number of hydrogen-bond acceptors (Lipinski definition) is 5. The van der Waals surface area contributed by atoms with Crippen LogP contribution in [0.4, 0.5) is 5.69 Å². The van der Waals surface area contributed by atoms with E-state index in [1.807, 2.05) is 12.1 Å². The Kier molecular flexibility index (Phi) is 3.31. The van der Waals surface area contributed by atoms with Crippen LogP contribution in [0, 0.1) is 0 Å². The Bertz CT molecular complexity index is 966. The van der Waals surface area contributed by atoms with Gasteiger partial charge in [-0.05, 0) is 30.0 Å². The maximum Gasteiger partial charge on any atom is 0.262 e. The van der Waals surface area contributed by atoms with Gasteiger partial charge in [0.15, 0.2) is 0 Å². The first-order valence-electron chi connectivity index (χ1n) is 7.97. The van der Waals surface area contributed by atoms with Gasteiger partial charge in [-0.3, -0.25) is 29.4 Å². The van der Waals surface area contributed by atoms with Crippen LogP contribution in [0.1, 0.15) is 33.6 Å². The number of carbonyl (C=O) groups excluding carboxylic acids is 4. The van der Waals surface area contributed by atoms with Crippen molar-refractivity contribution in [3.63, 3.8) is 0 Å². The fourth-order valence-corrected chi connectivity index (χ4v) is 3.48. The number of anilines is 1. The number of hydrogen-bond donors (Lipinski definition) is 2. The highest BCUT2D eigenvalue weighted by Crippen LogP contribution is 2.34. The third-order valence-electron chi connectivity index (χ3n) is 4.69. The minimum Gasteiger partial charge on any atom is -0.388 e. The van der Waals surface area contributed by atoms with Gasteiger partial charge in [0.2, 0.25) is 11.8 Å². The molecule has 7 heteroatoms. The predicted octanol–water partition coefficient (Wildman–Crippen LogP) is 1.28. The second-order valence-corrected chi connectivity index (χ2v) is 6.12. The van der Waals surface area contributed by atoms with Crippen molar-refractivity contribution in [1.82, 2.24) is 10.2 Å². The van der Waals surface area contributed by atoms with Crippen LogP contribution in [0.15, 0.2) is 30.3 Å². The molecule has 4 amide bonds. The molecule has 1 saturated heterocycles. The molecule has 1 fully saturated rings. The van der Waals surface area contributed by atoms with Gasteiger partial charge in [-0.15, -0.1) is 0 Å². The van der Waals surface area contributed by atoms with E-state index in [1.54, 1.807) is 25.2 Å². The summed E-state index contributed by atoms with van der Waals surface area (Å²) in [5.74, 6) is -2.02. The molecule has 2 aromatic carbocycles. The summed E-state index contributed by atoms with van der Waals surface area (Å²) in [6.07, 6.45) is 0.236. The topological polar surface area (TPSA) is 95.6 Å². The number of amides is 4. The maximum absolute atomic E-state index is 13.0. The largest absolute Gasteiger partial charge is 0.388 e. The van der Waals surface area contributed by atoms with E-state index in [4.69, 9.17) is 0 Å². The number of rotatable bonds is 2. The van der Waals surface area contributed by atoms with Crippen LogP contribution in [-0.4, -0.2) is 41.6 Å². The van der Waals surface area contributed by atoms with Gasteiger partial charge >= 0.3 is 0 Å². The quantitative estimate of drug-likeness (QED) is 0.805. The highest BCUT2D eigenvalue weighted by Gasteiger charge is 2.42. The summed E-state index contributed by atoms with van der Waals surface area (Å²) in [5.41, 5.74) is 1.51. The summed E-state index contributed by atoms with van der Waals surface area (Å²) >= 11 is 0. The monoisotopic (exact) mass is 337 g/mol. The van der Waals surface area contributed by atoms with Crippen molar-refractivity contribution in [2.24, 2.45) is 0 Å². The molecule has 4 rings (SSSR count). The van der Waals surface area contributed by atoms with E-state index < -0.39 is 29.7 Å². The highest BCUT2D eigenvalue weighted by atomic mass is 16.2. The Morgan fingerprint density at radius 3 is 2.56 bits per heavy atom. The predicted molar refractivity (Wildman–Crippen MR) is 90.2 cm³/mol. The van der Waals surface area contributed by atoms with Crippen molar-refractivity contribution in [1.29, 1.82) is 0 Å². The van der Waals surface area contributed by atoms with Gasteiger partial charge in [0.25, 0.3) is 11.8 Å². The third kappa shape index (κ3) is 2.20. The smallest absolute Gasteiger partial charge is 0.262 e. The second-order valence-electron chi connectivity index (χ2n) is 6.12. The van der Waals surface area contributed by atoms with E-state index in [2.05, 4.69) is 10.6 Å². The molecule has 0 spiro atoms. The molecule has 0 aromatic heterocycles. The fourth-order valence-electron chi connectivity index (χ4n) is 3.48. The summed E-state index contributed by atoms with van der Waals surface area (Å²) in [7, 11) is 1.74. The van der Waals surface area contributed by atoms with Crippen LogP contribution in [0.3, 0.4) is 0 Å². The lowest BCUT2D eigenvalue weighted by molar-refractivity contribution is -0.136. The van der Waals surface area contributed by atoms with E-state index in [1.165, 1.54) is 0 Å². The molecule has 2 heterocycles. The molecule has 2 aliphatic heterocycles. The Hall–Kier alpha value is -3.22. The lowest BCUT2D eigenvalue weighted by Gasteiger charge is -2.34. The van der Waals surface area contributed by atoms with Crippen molar-refractivity contribution < 1.29 is 19.2 Å². The molecule has 7 nitrogen and oxygen atoms in total. The van der Waals surface area contributed by atoms with Crippen molar-refractivity contribution in [3.05, 3.63) is 41.5 Å². The molecule has 2 aliphatic rings. The van der Waals surface area contributed by atoms with Gasteiger partial charge in [0.05, 0.1) is 5.56 Å². The van der Waals surface area contributed by atoms with E-state index >= 15 is 0 Å². The fraction of sp³-hybridized carbons (Fsp3) is 0.222. The third-order valence-corrected chi connectivity index (χ3v) is 4.69. The van der Waals surface area contributed by atoms with E-state index in [0.29, 0.717) is 16.5 Å². The van der Waals surface area contributed by atoms with Gasteiger partial charge in [0.1, 0.15) is 6.04 Å². The van der Waals surface area contributed by atoms with Gasteiger partial charge in [-0.2, -0.15) is 0 Å². The molecule has 0 bridgehead atoms. The van der Waals surface area contributed by atoms with Crippen molar-refractivity contribution in [3.8, 4) is 0 Å². The number of nitrogens with zero attached hydrogens (tertiary/aromatic N) is 1. The van der Waals surface area contributed by atoms with Crippen molar-refractivity contribution >= 4 is 40.1 Å². The van der Waals surface area contributed by atoms with E-state index in [-0.39, 0.29) is 12.8 Å². The number of piperidine rings is 1. The zero-order valence-corrected chi connectivity index (χ0v) is 13.5. The number of nitrogens with one attached hydrogen (secondary N) is 2. The number of benzene rings is 2. The summed E-state index contributed by atoms with van der Waals surface area (Å²) in [4.78, 5) is 50.5. The van der Waals surface area contributed by atoms with E-state index in [0.717, 1.165) is 16.0 Å². The Morgan fingerprint density at radius 2 is 1.84 bits per heavy atom. The molecule has 1 unspecified atom stereocenters. The molecule has 2 N–H and O–H groups in total. The summed E-state index contributed by atoms with van der Waals surface area (Å²) < 4.78 is 0. The van der Waals surface area contributed by atoms with Crippen LogP contribution in [0.2, 0.25) is 0 Å². The zero-order chi connectivity index (χ0) is 17.7. The lowest BCUT2D eigenvalue weighted by Crippen LogP contribution is -2.57. The first kappa shape index (κ1) is 15.3. The number of carbonyl (C=O) groups is 4. The van der Waals surface area contributed by atoms with Crippen molar-refractivity contribution in [2.75, 3.05) is 12.4 Å². The average Bonchev–Trinajstić information content (AvgIpc) is 2.60. The minimum absolute atomic E-state index is 0.0983. The van der Waals surface area contributed by atoms with Crippen LogP contribution in [0.5, 0.6) is 0 Å². The first-order valence-corrected chi connectivity index (χ1v) is 7.97. The first-order chi connectivity index (χ1) is 12.0. The van der Waals surface area contributed by atoms with Gasteiger partial charge < -0.3 is 5.32 Å². The molecule has 0 radical (unpaired) electrons. The van der Waals surface area contributed by atoms with Crippen LogP contribution in [-0.2, 0) is 9.59 Å². The molecule has 126 valence electrons. The molecule has 0 aliphatic carbocycles. The zero-order valence-electron chi connectivity index (χ0n) is 13.5. The van der Waals surface area contributed by atoms with Crippen LogP contribution >= 0.6 is 0 Å². The molecular weight excluding hydrogens is 322 g/mol. The molecule has 1 atom stereocenters.